The lowest BCUT2D eigenvalue weighted by atomic mass is 9.83. The summed E-state index contributed by atoms with van der Waals surface area (Å²) in [5.74, 6) is -0.313. The van der Waals surface area contributed by atoms with Crippen LogP contribution in [0.25, 0.3) is 6.08 Å². The molecule has 3 aromatic carbocycles. The molecule has 31 heavy (non-hydrogen) atoms. The van der Waals surface area contributed by atoms with Crippen LogP contribution in [0.2, 0.25) is 5.02 Å². The van der Waals surface area contributed by atoms with Crippen molar-refractivity contribution in [3.05, 3.63) is 112 Å². The quantitative estimate of drug-likeness (QED) is 0.351. The van der Waals surface area contributed by atoms with Crippen molar-refractivity contribution in [1.82, 2.24) is 0 Å². The van der Waals surface area contributed by atoms with Gasteiger partial charge in [-0.3, -0.25) is 0 Å². The van der Waals surface area contributed by atoms with E-state index in [-0.39, 0.29) is 11.5 Å². The topological polar surface area (TPSA) is 85.3 Å². The number of allylic oxidation sites excluding steroid dienone is 1. The molecule has 3 aromatic rings. The van der Waals surface area contributed by atoms with Crippen molar-refractivity contribution >= 4 is 23.6 Å². The molecular weight excluding hydrogens is 412 g/mol. The highest BCUT2D eigenvalue weighted by Crippen LogP contribution is 2.45. The highest BCUT2D eigenvalue weighted by Gasteiger charge is 2.32. The molecule has 4 rings (SSSR count). The van der Waals surface area contributed by atoms with Crippen molar-refractivity contribution in [2.45, 2.75) is 5.92 Å². The summed E-state index contributed by atoms with van der Waals surface area (Å²) in [6.45, 7) is 0. The van der Waals surface area contributed by atoms with Gasteiger partial charge in [0.25, 0.3) is 0 Å². The predicted octanol–water partition coefficient (Wildman–Crippen LogP) is 5.18. The molecule has 0 bridgehead atoms. The summed E-state index contributed by atoms with van der Waals surface area (Å²) in [5.41, 5.74) is 8.63. The van der Waals surface area contributed by atoms with Crippen LogP contribution in [0.15, 0.2) is 90.3 Å². The predicted molar refractivity (Wildman–Crippen MR) is 118 cm³/mol. The Bertz CT molecular complexity index is 1240. The number of rotatable bonds is 4. The van der Waals surface area contributed by atoms with Crippen molar-refractivity contribution in [3.63, 3.8) is 0 Å². The fraction of sp³-hybridized carbons (Fsp3) is 0.0400. The van der Waals surface area contributed by atoms with E-state index in [1.165, 1.54) is 6.08 Å². The molecule has 0 radical (unpaired) electrons. The highest BCUT2D eigenvalue weighted by molar-refractivity contribution is 6.31. The minimum atomic E-state index is -0.525. The van der Waals surface area contributed by atoms with Gasteiger partial charge >= 0.3 is 5.97 Å². The van der Waals surface area contributed by atoms with E-state index < -0.39 is 11.9 Å². The number of ether oxygens (including phenoxy) is 2. The Morgan fingerprint density at radius 2 is 1.81 bits per heavy atom. The number of nitrogens with two attached hydrogens (primary N) is 1. The molecule has 1 heterocycles. The zero-order chi connectivity index (χ0) is 21.8. The molecule has 0 spiro atoms. The van der Waals surface area contributed by atoms with Crippen LogP contribution < -0.4 is 15.2 Å². The maximum atomic E-state index is 12.2. The number of esters is 1. The fourth-order valence-electron chi connectivity index (χ4n) is 3.41. The molecule has 6 heteroatoms. The molecule has 1 aliphatic rings. The van der Waals surface area contributed by atoms with Gasteiger partial charge in [0.05, 0.1) is 5.92 Å². The number of hydrogen-bond donors (Lipinski definition) is 1. The number of nitriles is 1. The zero-order valence-corrected chi connectivity index (χ0v) is 17.0. The van der Waals surface area contributed by atoms with Gasteiger partial charge in [0.1, 0.15) is 23.1 Å². The van der Waals surface area contributed by atoms with Crippen LogP contribution in [-0.2, 0) is 4.79 Å². The van der Waals surface area contributed by atoms with E-state index in [0.29, 0.717) is 22.1 Å². The first-order valence-electron chi connectivity index (χ1n) is 9.47. The number of carbonyl (C=O) groups is 1. The minimum Gasteiger partial charge on any atom is -0.440 e. The van der Waals surface area contributed by atoms with Gasteiger partial charge in [-0.25, -0.2) is 4.79 Å². The van der Waals surface area contributed by atoms with Crippen LogP contribution >= 0.6 is 11.6 Å². The van der Waals surface area contributed by atoms with E-state index in [4.69, 9.17) is 26.8 Å². The molecular formula is C25H17ClN2O3. The maximum Gasteiger partial charge on any atom is 0.336 e. The molecule has 2 N–H and O–H groups in total. The molecule has 0 saturated heterocycles. The number of halogens is 1. The summed E-state index contributed by atoms with van der Waals surface area (Å²) < 4.78 is 11.1. The maximum absolute atomic E-state index is 12.2. The second-order valence-electron chi connectivity index (χ2n) is 6.81. The monoisotopic (exact) mass is 428 g/mol. The van der Waals surface area contributed by atoms with Gasteiger partial charge < -0.3 is 15.2 Å². The minimum absolute atomic E-state index is 0.00707. The first-order valence-corrected chi connectivity index (χ1v) is 9.85. The normalized spacial score (nSPS) is 15.2. The van der Waals surface area contributed by atoms with E-state index >= 15 is 0 Å². The lowest BCUT2D eigenvalue weighted by molar-refractivity contribution is -0.128. The number of nitrogens with zero attached hydrogens (tertiary/aromatic N) is 1. The first kappa shape index (κ1) is 20.3. The molecule has 5 nitrogen and oxygen atoms in total. The summed E-state index contributed by atoms with van der Waals surface area (Å²) in [4.78, 5) is 12.2. The number of hydrogen-bond acceptors (Lipinski definition) is 5. The van der Waals surface area contributed by atoms with Crippen molar-refractivity contribution in [2.24, 2.45) is 5.73 Å². The van der Waals surface area contributed by atoms with Gasteiger partial charge in [-0.15, -0.1) is 0 Å². The Kier molecular flexibility index (Phi) is 5.74. The van der Waals surface area contributed by atoms with Gasteiger partial charge in [-0.05, 0) is 29.3 Å². The molecule has 0 saturated carbocycles. The third-order valence-electron chi connectivity index (χ3n) is 4.84. The highest BCUT2D eigenvalue weighted by atomic mass is 35.5. The van der Waals surface area contributed by atoms with Crippen LogP contribution in [0, 0.1) is 11.3 Å². The van der Waals surface area contributed by atoms with E-state index in [1.54, 1.807) is 30.3 Å². The Balaban J connectivity index is 1.63. The van der Waals surface area contributed by atoms with Crippen LogP contribution in [0.3, 0.4) is 0 Å². The van der Waals surface area contributed by atoms with Gasteiger partial charge in [-0.2, -0.15) is 5.26 Å². The molecule has 0 amide bonds. The molecule has 0 aliphatic carbocycles. The van der Waals surface area contributed by atoms with Gasteiger partial charge in [0.15, 0.2) is 0 Å². The van der Waals surface area contributed by atoms with Crippen molar-refractivity contribution in [2.75, 3.05) is 0 Å². The van der Waals surface area contributed by atoms with Crippen LogP contribution in [0.4, 0.5) is 0 Å². The summed E-state index contributed by atoms with van der Waals surface area (Å²) in [6.07, 6.45) is 3.02. The van der Waals surface area contributed by atoms with Crippen LogP contribution in [0.5, 0.6) is 11.5 Å². The second-order valence-corrected chi connectivity index (χ2v) is 7.22. The van der Waals surface area contributed by atoms with Crippen molar-refractivity contribution in [3.8, 4) is 17.6 Å². The summed E-state index contributed by atoms with van der Waals surface area (Å²) >= 11 is 6.39. The molecule has 1 unspecified atom stereocenters. The van der Waals surface area contributed by atoms with Gasteiger partial charge in [0, 0.05) is 22.7 Å². The summed E-state index contributed by atoms with van der Waals surface area (Å²) in [7, 11) is 0. The van der Waals surface area contributed by atoms with Crippen molar-refractivity contribution < 1.29 is 14.3 Å². The average molecular weight is 429 g/mol. The van der Waals surface area contributed by atoms with E-state index in [2.05, 4.69) is 6.07 Å². The SMILES string of the molecule is N#CC1=C(N)Oc2cc(OC(=O)/C=C/c3ccccc3)ccc2C1c1ccccc1Cl. The van der Waals surface area contributed by atoms with Gasteiger partial charge in [-0.1, -0.05) is 66.2 Å². The Hall–Kier alpha value is -4.01. The Labute approximate surface area is 184 Å². The molecule has 0 aromatic heterocycles. The fourth-order valence-corrected chi connectivity index (χ4v) is 3.65. The van der Waals surface area contributed by atoms with Crippen molar-refractivity contribution in [1.29, 1.82) is 5.26 Å². The average Bonchev–Trinajstić information content (AvgIpc) is 2.78. The van der Waals surface area contributed by atoms with Crippen LogP contribution in [-0.4, -0.2) is 5.97 Å². The lowest BCUT2D eigenvalue weighted by Gasteiger charge is -2.27. The van der Waals surface area contributed by atoms with Gasteiger partial charge in [0.2, 0.25) is 5.88 Å². The van der Waals surface area contributed by atoms with E-state index in [1.807, 2.05) is 48.5 Å². The first-order chi connectivity index (χ1) is 15.1. The molecule has 1 atom stereocenters. The molecule has 1 aliphatic heterocycles. The summed E-state index contributed by atoms with van der Waals surface area (Å²) in [5, 5.41) is 10.2. The smallest absolute Gasteiger partial charge is 0.336 e. The Morgan fingerprint density at radius 3 is 2.55 bits per heavy atom. The third-order valence-corrected chi connectivity index (χ3v) is 5.18. The third kappa shape index (κ3) is 4.30. The molecule has 0 fully saturated rings. The number of benzene rings is 3. The Morgan fingerprint density at radius 1 is 1.06 bits per heavy atom. The van der Waals surface area contributed by atoms with Crippen LogP contribution in [0.1, 0.15) is 22.6 Å². The molecule has 152 valence electrons. The second kappa shape index (κ2) is 8.78. The largest absolute Gasteiger partial charge is 0.440 e. The number of carbonyl (C=O) groups excluding carboxylic acids is 1. The van der Waals surface area contributed by atoms with E-state index in [0.717, 1.165) is 11.1 Å². The lowest BCUT2D eigenvalue weighted by Crippen LogP contribution is -2.21. The van der Waals surface area contributed by atoms with E-state index in [9.17, 15) is 10.1 Å². The number of fused-ring (bicyclic) bond motifs is 1. The zero-order valence-electron chi connectivity index (χ0n) is 16.3. The summed E-state index contributed by atoms with van der Waals surface area (Å²) in [6, 6.07) is 23.8. The standard InChI is InChI=1S/C25H17ClN2O3/c26-21-9-5-4-8-18(21)24-19-12-11-17(14-22(19)31-25(28)20(24)15-27)30-23(29)13-10-16-6-2-1-3-7-16/h1-14,24H,28H2/b13-10+.